The second-order valence-electron chi connectivity index (χ2n) is 6.76. The fourth-order valence-electron chi connectivity index (χ4n) is 3.33. The molecule has 0 saturated heterocycles. The van der Waals surface area contributed by atoms with Crippen LogP contribution in [0.2, 0.25) is 0 Å². The van der Waals surface area contributed by atoms with Crippen LogP contribution in [0.3, 0.4) is 0 Å². The maximum absolute atomic E-state index is 12.0. The van der Waals surface area contributed by atoms with Gasteiger partial charge in [0.2, 0.25) is 0 Å². The summed E-state index contributed by atoms with van der Waals surface area (Å²) in [6.45, 7) is 0. The number of carbonyl (C=O) groups is 1. The smallest absolute Gasteiger partial charge is 0.303 e. The summed E-state index contributed by atoms with van der Waals surface area (Å²) in [4.78, 5) is 13.1. The van der Waals surface area contributed by atoms with E-state index in [0.717, 1.165) is 32.0 Å². The van der Waals surface area contributed by atoms with E-state index in [2.05, 4.69) is 0 Å². The quantitative estimate of drug-likeness (QED) is 0.373. The van der Waals surface area contributed by atoms with E-state index in [9.17, 15) is 9.90 Å². The summed E-state index contributed by atoms with van der Waals surface area (Å²) in [5.41, 5.74) is 1.99. The number of hydrogen-bond donors (Lipinski definition) is 2. The average Bonchev–Trinajstić information content (AvgIpc) is 2.77. The molecule has 0 aliphatic carbocycles. The van der Waals surface area contributed by atoms with Crippen LogP contribution in [0.25, 0.3) is 0 Å². The van der Waals surface area contributed by atoms with E-state index in [1.807, 2.05) is 85.3 Å². The molecule has 0 aliphatic heterocycles. The molecule has 3 aromatic carbocycles. The summed E-state index contributed by atoms with van der Waals surface area (Å²) in [5.74, 6) is -0.812. The molecule has 0 unspecified atom stereocenters. The first-order valence-corrected chi connectivity index (χ1v) is 11.7. The largest absolute Gasteiger partial charge is 0.481 e. The summed E-state index contributed by atoms with van der Waals surface area (Å²) >= 11 is 3.32. The van der Waals surface area contributed by atoms with Crippen molar-refractivity contribution >= 4 is 29.5 Å². The predicted molar refractivity (Wildman–Crippen MR) is 121 cm³/mol. The van der Waals surface area contributed by atoms with E-state index in [-0.39, 0.29) is 6.42 Å². The molecule has 3 aromatic rings. The first-order chi connectivity index (χ1) is 14.0. The van der Waals surface area contributed by atoms with E-state index < -0.39 is 11.6 Å². The summed E-state index contributed by atoms with van der Waals surface area (Å²) in [5, 5.41) is 20.9. The van der Waals surface area contributed by atoms with E-state index >= 15 is 0 Å². The van der Waals surface area contributed by atoms with Crippen molar-refractivity contribution in [3.8, 4) is 0 Å². The Labute approximate surface area is 180 Å². The minimum Gasteiger partial charge on any atom is -0.481 e. The van der Waals surface area contributed by atoms with Crippen LogP contribution in [0, 0.1) is 0 Å². The van der Waals surface area contributed by atoms with Gasteiger partial charge >= 0.3 is 5.97 Å². The Morgan fingerprint density at radius 3 is 1.48 bits per heavy atom. The molecule has 3 nitrogen and oxygen atoms in total. The Kier molecular flexibility index (Phi) is 7.06. The van der Waals surface area contributed by atoms with Gasteiger partial charge in [0, 0.05) is 16.2 Å². The number of aliphatic carboxylic acids is 1. The topological polar surface area (TPSA) is 57.5 Å². The van der Waals surface area contributed by atoms with Crippen LogP contribution in [-0.4, -0.2) is 28.7 Å². The Balaban J connectivity index is 2.05. The minimum absolute atomic E-state index is 0.0932. The summed E-state index contributed by atoms with van der Waals surface area (Å²) in [7, 11) is 0. The number of aliphatic hydroxyl groups is 1. The predicted octanol–water partition coefficient (Wildman–Crippen LogP) is 5.43. The van der Waals surface area contributed by atoms with Gasteiger partial charge in [0.25, 0.3) is 0 Å². The molecule has 5 heteroatoms. The highest BCUT2D eigenvalue weighted by atomic mass is 32.2. The van der Waals surface area contributed by atoms with Crippen molar-refractivity contribution < 1.29 is 15.0 Å². The molecule has 0 spiro atoms. The zero-order valence-corrected chi connectivity index (χ0v) is 18.1. The van der Waals surface area contributed by atoms with Gasteiger partial charge in [-0.25, -0.2) is 0 Å². The third-order valence-corrected chi connectivity index (χ3v) is 6.50. The molecule has 3 rings (SSSR count). The fraction of sp³-hybridized carbons (Fsp3) is 0.208. The van der Waals surface area contributed by atoms with E-state index in [1.54, 1.807) is 23.5 Å². The SMILES string of the molecule is CSc1ccc(C(O)(c2ccc(CCC(=O)O)cc2)c2ccc(SC)cc2)cc1. The number of carboxylic acids is 1. The van der Waals surface area contributed by atoms with Gasteiger partial charge in [-0.1, -0.05) is 48.5 Å². The number of hydrogen-bond acceptors (Lipinski definition) is 4. The maximum atomic E-state index is 12.0. The van der Waals surface area contributed by atoms with Crippen LogP contribution in [-0.2, 0) is 16.8 Å². The van der Waals surface area contributed by atoms with Crippen LogP contribution >= 0.6 is 23.5 Å². The van der Waals surface area contributed by atoms with Crippen LogP contribution < -0.4 is 0 Å². The Bertz CT molecular complexity index is 901. The lowest BCUT2D eigenvalue weighted by Gasteiger charge is -2.30. The van der Waals surface area contributed by atoms with Crippen molar-refractivity contribution in [2.45, 2.75) is 28.2 Å². The van der Waals surface area contributed by atoms with E-state index in [1.165, 1.54) is 0 Å². The Hall–Kier alpha value is -2.21. The molecule has 2 N–H and O–H groups in total. The van der Waals surface area contributed by atoms with Crippen molar-refractivity contribution in [2.24, 2.45) is 0 Å². The molecular weight excluding hydrogens is 400 g/mol. The van der Waals surface area contributed by atoms with Crippen LogP contribution in [0.15, 0.2) is 82.6 Å². The van der Waals surface area contributed by atoms with E-state index in [0.29, 0.717) is 6.42 Å². The van der Waals surface area contributed by atoms with Gasteiger partial charge in [-0.2, -0.15) is 0 Å². The lowest BCUT2D eigenvalue weighted by Crippen LogP contribution is -2.28. The van der Waals surface area contributed by atoms with Gasteiger partial charge < -0.3 is 10.2 Å². The third kappa shape index (κ3) is 4.86. The molecule has 0 atom stereocenters. The highest BCUT2D eigenvalue weighted by Crippen LogP contribution is 2.38. The maximum Gasteiger partial charge on any atom is 0.303 e. The second kappa shape index (κ2) is 9.53. The van der Waals surface area contributed by atoms with Crippen molar-refractivity contribution in [2.75, 3.05) is 12.5 Å². The lowest BCUT2D eigenvalue weighted by atomic mass is 9.80. The molecule has 150 valence electrons. The molecule has 0 aromatic heterocycles. The van der Waals surface area contributed by atoms with Crippen molar-refractivity contribution in [3.63, 3.8) is 0 Å². The van der Waals surface area contributed by atoms with Gasteiger partial charge in [-0.15, -0.1) is 23.5 Å². The number of rotatable bonds is 8. The molecule has 0 aliphatic rings. The van der Waals surface area contributed by atoms with E-state index in [4.69, 9.17) is 5.11 Å². The monoisotopic (exact) mass is 424 g/mol. The zero-order chi connectivity index (χ0) is 20.9. The fourth-order valence-corrected chi connectivity index (χ4v) is 4.14. The van der Waals surface area contributed by atoms with Gasteiger partial charge in [0.15, 0.2) is 0 Å². The highest BCUT2D eigenvalue weighted by molar-refractivity contribution is 7.98. The zero-order valence-electron chi connectivity index (χ0n) is 16.5. The van der Waals surface area contributed by atoms with Gasteiger partial charge in [-0.05, 0) is 65.5 Å². The highest BCUT2D eigenvalue weighted by Gasteiger charge is 2.33. The molecule has 0 saturated carbocycles. The van der Waals surface area contributed by atoms with Crippen LogP contribution in [0.1, 0.15) is 28.7 Å². The Morgan fingerprint density at radius 2 is 1.14 bits per heavy atom. The molecule has 0 bridgehead atoms. The standard InChI is InChI=1S/C24H24O3S2/c1-28-21-12-8-19(9-13-21)24(27,20-10-14-22(29-2)15-11-20)18-6-3-17(4-7-18)5-16-23(25)26/h3-4,6-15,27H,5,16H2,1-2H3,(H,25,26). The number of aryl methyl sites for hydroxylation is 1. The van der Waals surface area contributed by atoms with Gasteiger partial charge in [0.05, 0.1) is 0 Å². The van der Waals surface area contributed by atoms with Crippen molar-refractivity contribution in [1.29, 1.82) is 0 Å². The second-order valence-corrected chi connectivity index (χ2v) is 8.52. The summed E-state index contributed by atoms with van der Waals surface area (Å²) < 4.78 is 0. The molecule has 0 amide bonds. The number of carboxylic acid groups (broad SMARTS) is 1. The number of thioether (sulfide) groups is 2. The Morgan fingerprint density at radius 1 is 0.759 bits per heavy atom. The molecule has 29 heavy (non-hydrogen) atoms. The number of benzene rings is 3. The molecular formula is C24H24O3S2. The molecule has 0 radical (unpaired) electrons. The van der Waals surface area contributed by atoms with Crippen LogP contribution in [0.4, 0.5) is 0 Å². The lowest BCUT2D eigenvalue weighted by molar-refractivity contribution is -0.136. The third-order valence-electron chi connectivity index (χ3n) is 5.01. The molecule has 0 heterocycles. The van der Waals surface area contributed by atoms with Crippen LogP contribution in [0.5, 0.6) is 0 Å². The van der Waals surface area contributed by atoms with Crippen molar-refractivity contribution in [1.82, 2.24) is 0 Å². The first-order valence-electron chi connectivity index (χ1n) is 9.30. The minimum atomic E-state index is -1.29. The van der Waals surface area contributed by atoms with Gasteiger partial charge in [0.1, 0.15) is 5.60 Å². The van der Waals surface area contributed by atoms with Gasteiger partial charge in [-0.3, -0.25) is 4.79 Å². The first kappa shape index (κ1) is 21.5. The van der Waals surface area contributed by atoms with Crippen molar-refractivity contribution in [3.05, 3.63) is 95.1 Å². The summed E-state index contributed by atoms with van der Waals surface area (Å²) in [6.07, 6.45) is 4.62. The summed E-state index contributed by atoms with van der Waals surface area (Å²) in [6, 6.07) is 23.5. The average molecular weight is 425 g/mol. The normalized spacial score (nSPS) is 11.4. The molecule has 0 fully saturated rings.